The molecule has 0 bridgehead atoms. The molecule has 14 heteroatoms. The third kappa shape index (κ3) is 8.05. The predicted molar refractivity (Wildman–Crippen MR) is 176 cm³/mol. The highest BCUT2D eigenvalue weighted by Crippen LogP contribution is 2.37. The molecule has 0 radical (unpaired) electrons. The van der Waals surface area contributed by atoms with Crippen LogP contribution in [-0.2, 0) is 23.9 Å². The molecule has 1 aliphatic rings. The minimum absolute atomic E-state index is 0.0235. The Morgan fingerprint density at radius 1 is 1.06 bits per heavy atom. The minimum Gasteiger partial charge on any atom is -0.492 e. The Morgan fingerprint density at radius 3 is 2.56 bits per heavy atom. The molecule has 13 nitrogen and oxygen atoms in total. The topological polar surface area (TPSA) is 165 Å². The van der Waals surface area contributed by atoms with E-state index < -0.39 is 29.2 Å². The minimum atomic E-state index is -0.933. The number of aromatic nitrogens is 2. The van der Waals surface area contributed by atoms with Crippen LogP contribution in [0.5, 0.6) is 11.5 Å². The van der Waals surface area contributed by atoms with Crippen LogP contribution in [-0.4, -0.2) is 60.0 Å². The summed E-state index contributed by atoms with van der Waals surface area (Å²) < 4.78 is 22.3. The quantitative estimate of drug-likeness (QED) is 0.156. The second kappa shape index (κ2) is 15.1. The lowest BCUT2D eigenvalue weighted by Crippen LogP contribution is -2.27. The molecule has 244 valence electrons. The smallest absolute Gasteiger partial charge is 0.336 e. The zero-order valence-corrected chi connectivity index (χ0v) is 26.8. The molecule has 0 saturated heterocycles. The van der Waals surface area contributed by atoms with Crippen LogP contribution >= 0.6 is 11.6 Å². The summed E-state index contributed by atoms with van der Waals surface area (Å²) in [4.78, 5) is 48.5. The number of anilines is 3. The lowest BCUT2D eigenvalue weighted by molar-refractivity contribution is -0.142. The largest absolute Gasteiger partial charge is 0.492 e. The Kier molecular flexibility index (Phi) is 10.5. The van der Waals surface area contributed by atoms with Gasteiger partial charge in [-0.15, -0.1) is 0 Å². The molecule has 3 heterocycles. The molecule has 0 spiro atoms. The van der Waals surface area contributed by atoms with Gasteiger partial charge < -0.3 is 34.5 Å². The van der Waals surface area contributed by atoms with Crippen molar-refractivity contribution >= 4 is 57.4 Å². The summed E-state index contributed by atoms with van der Waals surface area (Å²) in [5.74, 6) is -2.62. The number of amides is 1. The summed E-state index contributed by atoms with van der Waals surface area (Å²) in [6.45, 7) is 1.99. The number of fused-ring (bicyclic) bond motifs is 1. The van der Waals surface area contributed by atoms with E-state index in [1.54, 1.807) is 86.7 Å². The van der Waals surface area contributed by atoms with E-state index in [9.17, 15) is 19.6 Å². The summed E-state index contributed by atoms with van der Waals surface area (Å²) >= 11 is 6.44. The van der Waals surface area contributed by atoms with Crippen molar-refractivity contribution in [1.29, 1.82) is 5.26 Å². The van der Waals surface area contributed by atoms with Crippen LogP contribution in [0.1, 0.15) is 23.7 Å². The van der Waals surface area contributed by atoms with E-state index in [4.69, 9.17) is 30.5 Å². The Hall–Kier alpha value is -5.97. The molecular formula is C34H29ClN6O7. The van der Waals surface area contributed by atoms with Crippen LogP contribution in [0, 0.1) is 11.3 Å². The number of benzene rings is 2. The zero-order chi connectivity index (χ0) is 34.2. The lowest BCUT2D eigenvalue weighted by atomic mass is 10.1. The van der Waals surface area contributed by atoms with E-state index in [0.29, 0.717) is 33.7 Å². The van der Waals surface area contributed by atoms with Gasteiger partial charge in [-0.05, 0) is 51.4 Å². The van der Waals surface area contributed by atoms with E-state index in [2.05, 4.69) is 26.7 Å². The fourth-order valence-electron chi connectivity index (χ4n) is 4.57. The lowest BCUT2D eigenvalue weighted by Gasteiger charge is -2.19. The number of halogens is 1. The number of nitriles is 1. The average molecular weight is 669 g/mol. The molecule has 1 atom stereocenters. The highest BCUT2D eigenvalue weighted by Gasteiger charge is 2.27. The van der Waals surface area contributed by atoms with E-state index >= 15 is 0 Å². The first kappa shape index (κ1) is 33.4. The molecule has 48 heavy (non-hydrogen) atoms. The zero-order valence-electron chi connectivity index (χ0n) is 26.0. The monoisotopic (exact) mass is 668 g/mol. The molecule has 1 unspecified atom stereocenters. The fraction of sp³-hybridized carbons (Fsp3) is 0.176. The van der Waals surface area contributed by atoms with Gasteiger partial charge >= 0.3 is 11.9 Å². The summed E-state index contributed by atoms with van der Waals surface area (Å²) in [7, 11) is 3.38. The van der Waals surface area contributed by atoms with Crippen LogP contribution in [0.2, 0.25) is 0 Å². The number of likely N-dealkylation sites (N-methyl/N-ethyl adjacent to an activating group) is 1. The third-order valence-electron chi connectivity index (χ3n) is 6.60. The van der Waals surface area contributed by atoms with Crippen molar-refractivity contribution in [2.45, 2.75) is 12.5 Å². The van der Waals surface area contributed by atoms with Gasteiger partial charge in [-0.3, -0.25) is 14.8 Å². The fourth-order valence-corrected chi connectivity index (χ4v) is 4.80. The van der Waals surface area contributed by atoms with Crippen molar-refractivity contribution in [2.24, 2.45) is 0 Å². The summed E-state index contributed by atoms with van der Waals surface area (Å²) in [5.41, 5.74) is 1.48. The molecular weight excluding hydrogens is 640 g/mol. The number of ether oxygens (including phenoxy) is 4. The van der Waals surface area contributed by atoms with Gasteiger partial charge in [0.05, 0.1) is 41.3 Å². The summed E-state index contributed by atoms with van der Waals surface area (Å²) in [6, 6.07) is 17.6. The SMILES string of the molecule is CCOc1cc2ncc(C#N)c(Nc3cccc(OC(Cl)c4ccccn4)c3)c2cc1NC(=O)/C1=C(/CN(C)C)OC(=O)/C=C\C(=O)O1. The maximum Gasteiger partial charge on any atom is 0.336 e. The van der Waals surface area contributed by atoms with Gasteiger partial charge in [0.1, 0.15) is 17.6 Å². The van der Waals surface area contributed by atoms with Gasteiger partial charge in [-0.2, -0.15) is 5.26 Å². The van der Waals surface area contributed by atoms with E-state index in [0.717, 1.165) is 12.2 Å². The number of alkyl halides is 1. The van der Waals surface area contributed by atoms with Gasteiger partial charge in [-0.1, -0.05) is 23.7 Å². The highest BCUT2D eigenvalue weighted by atomic mass is 35.5. The van der Waals surface area contributed by atoms with E-state index in [-0.39, 0.29) is 35.9 Å². The summed E-state index contributed by atoms with van der Waals surface area (Å²) in [6.07, 6.45) is 4.81. The molecule has 5 rings (SSSR count). The van der Waals surface area contributed by atoms with Gasteiger partial charge in [0, 0.05) is 47.8 Å². The first-order valence-corrected chi connectivity index (χ1v) is 15.0. The van der Waals surface area contributed by atoms with Gasteiger partial charge in [0.15, 0.2) is 5.76 Å². The third-order valence-corrected chi connectivity index (χ3v) is 6.91. The van der Waals surface area contributed by atoms with Gasteiger partial charge in [0.25, 0.3) is 5.91 Å². The van der Waals surface area contributed by atoms with E-state index in [1.165, 1.54) is 6.20 Å². The molecule has 2 aromatic heterocycles. The Labute approximate surface area is 280 Å². The van der Waals surface area contributed by atoms with Gasteiger partial charge in [-0.25, -0.2) is 9.59 Å². The highest BCUT2D eigenvalue weighted by molar-refractivity contribution is 6.19. The number of hydrogen-bond acceptors (Lipinski definition) is 12. The molecule has 4 aromatic rings. The predicted octanol–water partition coefficient (Wildman–Crippen LogP) is 5.33. The van der Waals surface area contributed by atoms with Crippen molar-refractivity contribution in [3.8, 4) is 17.6 Å². The number of rotatable bonds is 11. The Morgan fingerprint density at radius 2 is 1.85 bits per heavy atom. The number of cyclic esters (lactones) is 2. The first-order valence-electron chi connectivity index (χ1n) is 14.5. The number of carbonyl (C=O) groups excluding carboxylic acids is 3. The second-order valence-electron chi connectivity index (χ2n) is 10.4. The Bertz CT molecular complexity index is 1970. The number of esters is 2. The first-order chi connectivity index (χ1) is 23.1. The maximum atomic E-state index is 13.6. The number of nitrogens with zero attached hydrogens (tertiary/aromatic N) is 4. The van der Waals surface area contributed by atoms with Crippen molar-refractivity contribution in [3.05, 3.63) is 102 Å². The van der Waals surface area contributed by atoms with Crippen LogP contribution in [0.15, 0.2) is 90.7 Å². The molecule has 0 saturated carbocycles. The molecule has 1 amide bonds. The van der Waals surface area contributed by atoms with Crippen LogP contribution in [0.3, 0.4) is 0 Å². The number of pyridine rings is 2. The van der Waals surface area contributed by atoms with Crippen LogP contribution < -0.4 is 20.1 Å². The molecule has 1 aliphatic heterocycles. The second-order valence-corrected chi connectivity index (χ2v) is 10.8. The van der Waals surface area contributed by atoms with Gasteiger partial charge in [0.2, 0.25) is 11.3 Å². The molecule has 0 aliphatic carbocycles. The molecule has 2 N–H and O–H groups in total. The average Bonchev–Trinajstić information content (AvgIpc) is 3.06. The normalized spacial score (nSPS) is 15.8. The number of hydrogen-bond donors (Lipinski definition) is 2. The van der Waals surface area contributed by atoms with Crippen molar-refractivity contribution < 1.29 is 33.3 Å². The Balaban J connectivity index is 1.52. The van der Waals surface area contributed by atoms with Crippen molar-refractivity contribution in [1.82, 2.24) is 14.9 Å². The van der Waals surface area contributed by atoms with Crippen LogP contribution in [0.25, 0.3) is 10.9 Å². The van der Waals surface area contributed by atoms with Crippen LogP contribution in [0.4, 0.5) is 17.1 Å². The van der Waals surface area contributed by atoms with Crippen molar-refractivity contribution in [2.75, 3.05) is 37.9 Å². The standard InChI is InChI=1S/C34H29ClN6O7/c1-4-45-27-16-25-23(15-26(27)40-34(44)32-28(19-41(2)3)47-29(42)11-12-30(43)48-32)31(20(17-36)18-38-25)39-21-8-7-9-22(14-21)46-33(35)24-10-5-6-13-37-24/h5-16,18,33H,4,19H2,1-3H3,(H,38,39)(H,40,44)/b12-11-,32-28+. The summed E-state index contributed by atoms with van der Waals surface area (Å²) in [5, 5.41) is 16.4. The number of carbonyl (C=O) groups is 3. The van der Waals surface area contributed by atoms with Crippen molar-refractivity contribution in [3.63, 3.8) is 0 Å². The molecule has 0 fully saturated rings. The number of nitrogens with one attached hydrogen (secondary N) is 2. The van der Waals surface area contributed by atoms with E-state index in [1.807, 2.05) is 0 Å². The maximum absolute atomic E-state index is 13.6. The molecule has 2 aromatic carbocycles.